The van der Waals surface area contributed by atoms with Gasteiger partial charge in [0, 0.05) is 24.5 Å². The quantitative estimate of drug-likeness (QED) is 0.880. The maximum Gasteiger partial charge on any atom is 0.262 e. The van der Waals surface area contributed by atoms with E-state index in [9.17, 15) is 9.59 Å². The summed E-state index contributed by atoms with van der Waals surface area (Å²) in [5, 5.41) is 6.99. The molecule has 0 radical (unpaired) electrons. The lowest BCUT2D eigenvalue weighted by Crippen LogP contribution is -2.28. The van der Waals surface area contributed by atoms with E-state index in [0.717, 1.165) is 4.47 Å². The molecule has 15 heavy (non-hydrogen) atoms. The van der Waals surface area contributed by atoms with Gasteiger partial charge in [-0.2, -0.15) is 0 Å². The van der Waals surface area contributed by atoms with Crippen LogP contribution in [0, 0.1) is 0 Å². The van der Waals surface area contributed by atoms with Gasteiger partial charge in [-0.25, -0.2) is 0 Å². The lowest BCUT2D eigenvalue weighted by molar-refractivity contribution is -0.120. The van der Waals surface area contributed by atoms with Crippen LogP contribution in [0.25, 0.3) is 0 Å². The molecule has 0 bridgehead atoms. The van der Waals surface area contributed by atoms with Crippen LogP contribution < -0.4 is 10.6 Å². The number of carbonyl (C=O) groups excluding carboxylic acids is 2. The van der Waals surface area contributed by atoms with E-state index in [1.807, 2.05) is 11.4 Å². The summed E-state index contributed by atoms with van der Waals surface area (Å²) < 4.78 is 0.782. The molecule has 4 nitrogen and oxygen atoms in total. The molecule has 0 fully saturated rings. The third-order valence-corrected chi connectivity index (χ3v) is 3.58. The van der Waals surface area contributed by atoms with Crippen LogP contribution in [0.4, 0.5) is 0 Å². The van der Waals surface area contributed by atoms with E-state index in [4.69, 9.17) is 0 Å². The van der Waals surface area contributed by atoms with Crippen molar-refractivity contribution < 1.29 is 9.59 Å². The topological polar surface area (TPSA) is 58.2 Å². The van der Waals surface area contributed by atoms with Gasteiger partial charge in [-0.15, -0.1) is 11.3 Å². The number of thiophene rings is 1. The Hall–Kier alpha value is -0.880. The van der Waals surface area contributed by atoms with Crippen molar-refractivity contribution in [3.63, 3.8) is 0 Å². The highest BCUT2D eigenvalue weighted by atomic mass is 79.9. The largest absolute Gasteiger partial charge is 0.359 e. The Morgan fingerprint density at radius 3 is 2.80 bits per heavy atom. The fraction of sp³-hybridized carbons (Fsp3) is 0.333. The molecule has 1 heterocycles. The molecule has 0 unspecified atom stereocenters. The molecule has 0 aliphatic rings. The first kappa shape index (κ1) is 12.2. The van der Waals surface area contributed by atoms with E-state index < -0.39 is 0 Å². The van der Waals surface area contributed by atoms with Crippen molar-refractivity contribution in [1.82, 2.24) is 10.6 Å². The minimum absolute atomic E-state index is 0.0828. The Bertz CT molecular complexity index is 365. The Morgan fingerprint density at radius 2 is 2.27 bits per heavy atom. The van der Waals surface area contributed by atoms with Crippen LogP contribution in [0.3, 0.4) is 0 Å². The molecule has 0 aromatic carbocycles. The third kappa shape index (κ3) is 3.64. The van der Waals surface area contributed by atoms with Gasteiger partial charge in [0.25, 0.3) is 5.91 Å². The molecule has 0 spiro atoms. The van der Waals surface area contributed by atoms with Crippen LogP contribution in [0.1, 0.15) is 16.1 Å². The maximum atomic E-state index is 11.5. The van der Waals surface area contributed by atoms with E-state index in [-0.39, 0.29) is 11.8 Å². The van der Waals surface area contributed by atoms with Crippen molar-refractivity contribution >= 4 is 39.1 Å². The van der Waals surface area contributed by atoms with E-state index in [1.165, 1.54) is 11.3 Å². The molecule has 0 saturated carbocycles. The highest BCUT2D eigenvalue weighted by molar-refractivity contribution is 9.10. The van der Waals surface area contributed by atoms with E-state index in [2.05, 4.69) is 26.6 Å². The highest BCUT2D eigenvalue weighted by Gasteiger charge is 2.10. The van der Waals surface area contributed by atoms with Gasteiger partial charge >= 0.3 is 0 Å². The number of hydrogen-bond donors (Lipinski definition) is 2. The summed E-state index contributed by atoms with van der Waals surface area (Å²) in [4.78, 5) is 23.0. The first-order valence-electron chi connectivity index (χ1n) is 4.37. The number of hydrogen-bond acceptors (Lipinski definition) is 3. The van der Waals surface area contributed by atoms with Gasteiger partial charge < -0.3 is 10.6 Å². The van der Waals surface area contributed by atoms with E-state index >= 15 is 0 Å². The van der Waals surface area contributed by atoms with Gasteiger partial charge in [-0.05, 0) is 27.4 Å². The first-order chi connectivity index (χ1) is 7.15. The van der Waals surface area contributed by atoms with E-state index in [0.29, 0.717) is 17.8 Å². The third-order valence-electron chi connectivity index (χ3n) is 1.74. The van der Waals surface area contributed by atoms with Crippen molar-refractivity contribution in [3.8, 4) is 0 Å². The van der Waals surface area contributed by atoms with Gasteiger partial charge in [-0.1, -0.05) is 0 Å². The number of nitrogens with one attached hydrogen (secondary N) is 2. The van der Waals surface area contributed by atoms with E-state index in [1.54, 1.807) is 7.05 Å². The van der Waals surface area contributed by atoms with Gasteiger partial charge in [0.15, 0.2) is 0 Å². The molecule has 0 aliphatic carbocycles. The maximum absolute atomic E-state index is 11.5. The zero-order valence-corrected chi connectivity index (χ0v) is 10.6. The van der Waals surface area contributed by atoms with Gasteiger partial charge in [0.1, 0.15) is 4.88 Å². The lowest BCUT2D eigenvalue weighted by atomic mass is 10.4. The summed E-state index contributed by atoms with van der Waals surface area (Å²) in [5.41, 5.74) is 0. The molecule has 1 aromatic rings. The number of halogens is 1. The van der Waals surface area contributed by atoms with Crippen molar-refractivity contribution in [2.75, 3.05) is 13.6 Å². The van der Waals surface area contributed by atoms with Crippen molar-refractivity contribution in [2.24, 2.45) is 0 Å². The fourth-order valence-electron chi connectivity index (χ4n) is 0.951. The second-order valence-corrected chi connectivity index (χ2v) is 4.55. The Morgan fingerprint density at radius 1 is 1.53 bits per heavy atom. The predicted octanol–water partition coefficient (Wildman–Crippen LogP) is 1.38. The molecule has 0 atom stereocenters. The van der Waals surface area contributed by atoms with Crippen LogP contribution in [0.5, 0.6) is 0 Å². The molecule has 2 N–H and O–H groups in total. The van der Waals surface area contributed by atoms with Crippen molar-refractivity contribution in [3.05, 3.63) is 20.8 Å². The second kappa shape index (κ2) is 5.87. The average molecular weight is 291 g/mol. The van der Waals surface area contributed by atoms with Gasteiger partial charge in [-0.3, -0.25) is 9.59 Å². The molecule has 6 heteroatoms. The molecule has 1 aromatic heterocycles. The summed E-state index contributed by atoms with van der Waals surface area (Å²) in [5.74, 6) is -0.235. The van der Waals surface area contributed by atoms with Crippen LogP contribution in [0.2, 0.25) is 0 Å². The normalized spacial score (nSPS) is 9.73. The molecule has 82 valence electrons. The Balaban J connectivity index is 2.38. The summed E-state index contributed by atoms with van der Waals surface area (Å²) in [7, 11) is 1.57. The summed E-state index contributed by atoms with van der Waals surface area (Å²) >= 11 is 4.63. The molecular formula is C9H11BrN2O2S. The molecule has 1 rings (SSSR count). The monoisotopic (exact) mass is 290 g/mol. The standard InChI is InChI=1S/C9H11BrN2O2S/c1-11-7(13)2-4-12-9(14)8-6(10)3-5-15-8/h3,5H,2,4H2,1H3,(H,11,13)(H,12,14). The van der Waals surface area contributed by atoms with Gasteiger partial charge in [0.2, 0.25) is 5.91 Å². The summed E-state index contributed by atoms with van der Waals surface area (Å²) in [6.07, 6.45) is 0.297. The smallest absolute Gasteiger partial charge is 0.262 e. The van der Waals surface area contributed by atoms with Crippen LogP contribution in [-0.4, -0.2) is 25.4 Å². The minimum Gasteiger partial charge on any atom is -0.359 e. The SMILES string of the molecule is CNC(=O)CCNC(=O)c1sccc1Br. The number of rotatable bonds is 4. The van der Waals surface area contributed by atoms with Crippen molar-refractivity contribution in [2.45, 2.75) is 6.42 Å². The van der Waals surface area contributed by atoms with Crippen LogP contribution in [-0.2, 0) is 4.79 Å². The fourth-order valence-corrected chi connectivity index (χ4v) is 2.42. The first-order valence-corrected chi connectivity index (χ1v) is 6.04. The van der Waals surface area contributed by atoms with Crippen LogP contribution >= 0.6 is 27.3 Å². The zero-order valence-electron chi connectivity index (χ0n) is 8.17. The zero-order chi connectivity index (χ0) is 11.3. The Labute approximate surface area is 100 Å². The summed E-state index contributed by atoms with van der Waals surface area (Å²) in [6, 6.07) is 1.82. The number of amides is 2. The van der Waals surface area contributed by atoms with Crippen molar-refractivity contribution in [1.29, 1.82) is 0 Å². The Kier molecular flexibility index (Phi) is 4.77. The molecule has 0 aliphatic heterocycles. The van der Waals surface area contributed by atoms with Gasteiger partial charge in [0.05, 0.1) is 0 Å². The lowest BCUT2D eigenvalue weighted by Gasteiger charge is -2.03. The predicted molar refractivity (Wildman–Crippen MR) is 63.0 cm³/mol. The van der Waals surface area contributed by atoms with Crippen LogP contribution in [0.15, 0.2) is 15.9 Å². The highest BCUT2D eigenvalue weighted by Crippen LogP contribution is 2.22. The molecule has 2 amide bonds. The molecular weight excluding hydrogens is 280 g/mol. The minimum atomic E-state index is -0.152. The second-order valence-electron chi connectivity index (χ2n) is 2.78. The molecule has 0 saturated heterocycles. The summed E-state index contributed by atoms with van der Waals surface area (Å²) in [6.45, 7) is 0.350. The average Bonchev–Trinajstić information content (AvgIpc) is 2.64. The number of carbonyl (C=O) groups is 2.